The van der Waals surface area contributed by atoms with Gasteiger partial charge in [0.15, 0.2) is 5.72 Å². The fourth-order valence-corrected chi connectivity index (χ4v) is 3.59. The quantitative estimate of drug-likeness (QED) is 0.465. The van der Waals surface area contributed by atoms with Gasteiger partial charge in [-0.15, -0.1) is 0 Å². The highest BCUT2D eigenvalue weighted by Gasteiger charge is 2.33. The van der Waals surface area contributed by atoms with Crippen LogP contribution < -0.4 is 10.1 Å². The Kier molecular flexibility index (Phi) is 8.03. The third-order valence-electron chi connectivity index (χ3n) is 5.35. The molecule has 0 aliphatic carbocycles. The van der Waals surface area contributed by atoms with Crippen LogP contribution in [0.25, 0.3) is 0 Å². The van der Waals surface area contributed by atoms with E-state index in [0.29, 0.717) is 24.5 Å². The number of carbonyl (C=O) groups excluding carboxylic acids is 1. The summed E-state index contributed by atoms with van der Waals surface area (Å²) < 4.78 is 5.86. The van der Waals surface area contributed by atoms with Crippen molar-refractivity contribution >= 4 is 5.91 Å². The summed E-state index contributed by atoms with van der Waals surface area (Å²) in [4.78, 5) is 14.1. The van der Waals surface area contributed by atoms with E-state index in [-0.39, 0.29) is 18.5 Å². The zero-order chi connectivity index (χ0) is 23.0. The predicted octanol–water partition coefficient (Wildman–Crippen LogP) is 4.46. The zero-order valence-corrected chi connectivity index (χ0v) is 19.0. The number of hydrogen-bond acceptors (Lipinski definition) is 4. The predicted molar refractivity (Wildman–Crippen MR) is 127 cm³/mol. The van der Waals surface area contributed by atoms with Gasteiger partial charge in [-0.05, 0) is 37.1 Å². The third-order valence-corrected chi connectivity index (χ3v) is 5.35. The van der Waals surface area contributed by atoms with Crippen molar-refractivity contribution < 1.29 is 14.6 Å². The first kappa shape index (κ1) is 23.5. The molecule has 3 aromatic rings. The van der Waals surface area contributed by atoms with E-state index in [4.69, 9.17) is 4.74 Å². The molecule has 3 rings (SSSR count). The molecule has 1 amide bonds. The fourth-order valence-electron chi connectivity index (χ4n) is 3.59. The molecule has 0 spiro atoms. The Morgan fingerprint density at radius 2 is 1.50 bits per heavy atom. The summed E-state index contributed by atoms with van der Waals surface area (Å²) >= 11 is 0. The number of nitrogens with one attached hydrogen (secondary N) is 1. The minimum absolute atomic E-state index is 0.170. The molecule has 1 unspecified atom stereocenters. The Morgan fingerprint density at radius 1 is 0.938 bits per heavy atom. The largest absolute Gasteiger partial charge is 0.489 e. The van der Waals surface area contributed by atoms with Crippen molar-refractivity contribution in [2.75, 3.05) is 6.54 Å². The smallest absolute Gasteiger partial charge is 0.219 e. The Labute approximate surface area is 190 Å². The average Bonchev–Trinajstić information content (AvgIpc) is 2.78. The lowest BCUT2D eigenvalue weighted by molar-refractivity contribution is -0.129. The van der Waals surface area contributed by atoms with E-state index in [0.717, 1.165) is 11.1 Å². The highest BCUT2D eigenvalue weighted by Crippen LogP contribution is 2.25. The van der Waals surface area contributed by atoms with Gasteiger partial charge in [0.2, 0.25) is 5.91 Å². The van der Waals surface area contributed by atoms with Gasteiger partial charge in [0, 0.05) is 25.1 Å². The molecule has 0 bridgehead atoms. The van der Waals surface area contributed by atoms with Crippen LogP contribution >= 0.6 is 0 Å². The highest BCUT2D eigenvalue weighted by atomic mass is 16.5. The second kappa shape index (κ2) is 10.9. The van der Waals surface area contributed by atoms with E-state index >= 15 is 0 Å². The van der Waals surface area contributed by atoms with Crippen LogP contribution in [-0.2, 0) is 23.7 Å². The van der Waals surface area contributed by atoms with Crippen molar-refractivity contribution in [2.45, 2.75) is 45.7 Å². The van der Waals surface area contributed by atoms with Crippen molar-refractivity contribution in [3.8, 4) is 5.75 Å². The van der Waals surface area contributed by atoms with Gasteiger partial charge in [-0.3, -0.25) is 9.69 Å². The van der Waals surface area contributed by atoms with Crippen molar-refractivity contribution in [1.29, 1.82) is 0 Å². The van der Waals surface area contributed by atoms with Crippen LogP contribution in [0.3, 0.4) is 0 Å². The van der Waals surface area contributed by atoms with Gasteiger partial charge >= 0.3 is 0 Å². The van der Waals surface area contributed by atoms with Crippen LogP contribution in [0.1, 0.15) is 37.5 Å². The monoisotopic (exact) mass is 432 g/mol. The molecule has 2 N–H and O–H groups in total. The van der Waals surface area contributed by atoms with Crippen LogP contribution in [0, 0.1) is 0 Å². The summed E-state index contributed by atoms with van der Waals surface area (Å²) in [6, 6.07) is 27.5. The topological polar surface area (TPSA) is 61.8 Å². The molecule has 1 atom stereocenters. The maximum Gasteiger partial charge on any atom is 0.219 e. The first-order chi connectivity index (χ1) is 15.4. The van der Waals surface area contributed by atoms with Gasteiger partial charge < -0.3 is 15.2 Å². The molecule has 0 saturated heterocycles. The van der Waals surface area contributed by atoms with Crippen LogP contribution in [-0.4, -0.2) is 28.5 Å². The lowest BCUT2D eigenvalue weighted by Crippen LogP contribution is -2.53. The van der Waals surface area contributed by atoms with Crippen molar-refractivity contribution in [2.24, 2.45) is 0 Å². The maximum absolute atomic E-state index is 12.0. The molecule has 32 heavy (non-hydrogen) atoms. The number of rotatable bonds is 10. The summed E-state index contributed by atoms with van der Waals surface area (Å²) in [5.41, 5.74) is 1.32. The summed E-state index contributed by atoms with van der Waals surface area (Å²) in [7, 11) is 0. The number of amides is 1. The summed E-state index contributed by atoms with van der Waals surface area (Å²) in [6.45, 7) is 6.96. The van der Waals surface area contributed by atoms with Crippen molar-refractivity contribution in [3.63, 3.8) is 0 Å². The number of aliphatic hydroxyl groups is 1. The number of ether oxygens (including phenoxy) is 1. The Morgan fingerprint density at radius 3 is 2.03 bits per heavy atom. The molecule has 0 aliphatic heterocycles. The van der Waals surface area contributed by atoms with E-state index in [9.17, 15) is 9.90 Å². The molecule has 168 valence electrons. The first-order valence-corrected chi connectivity index (χ1v) is 10.9. The van der Waals surface area contributed by atoms with Crippen LogP contribution in [0.4, 0.5) is 0 Å². The van der Waals surface area contributed by atoms with Crippen molar-refractivity contribution in [1.82, 2.24) is 10.2 Å². The maximum atomic E-state index is 12.0. The van der Waals surface area contributed by atoms with Gasteiger partial charge in [-0.2, -0.15) is 0 Å². The number of nitrogens with zero attached hydrogens (tertiary/aromatic N) is 1. The second-order valence-electron chi connectivity index (χ2n) is 8.32. The summed E-state index contributed by atoms with van der Waals surface area (Å²) in [5.74, 6) is 0.410. The van der Waals surface area contributed by atoms with Crippen LogP contribution in [0.5, 0.6) is 5.75 Å². The van der Waals surface area contributed by atoms with Gasteiger partial charge in [0.1, 0.15) is 12.4 Å². The molecule has 0 radical (unpaired) electrons. The lowest BCUT2D eigenvalue weighted by Gasteiger charge is -2.37. The number of carbonyl (C=O) groups is 1. The SMILES string of the molecule is CC(=O)NC(O)(CN(Cc1ccccc1)C(C)C)c1ccc(OCc2ccccc2)cc1. The van der Waals surface area contributed by atoms with E-state index in [1.807, 2.05) is 60.7 Å². The molecule has 0 fully saturated rings. The number of hydrogen-bond donors (Lipinski definition) is 2. The molecular weight excluding hydrogens is 400 g/mol. The lowest BCUT2D eigenvalue weighted by atomic mass is 10.0. The summed E-state index contributed by atoms with van der Waals surface area (Å²) in [6.07, 6.45) is 0. The molecule has 0 heterocycles. The normalized spacial score (nSPS) is 13.1. The van der Waals surface area contributed by atoms with E-state index in [1.165, 1.54) is 6.92 Å². The molecule has 5 heteroatoms. The van der Waals surface area contributed by atoms with Crippen LogP contribution in [0.2, 0.25) is 0 Å². The molecule has 0 aromatic heterocycles. The molecular formula is C27H32N2O3. The zero-order valence-electron chi connectivity index (χ0n) is 19.0. The fraction of sp³-hybridized carbons (Fsp3) is 0.296. The van der Waals surface area contributed by atoms with Gasteiger partial charge in [0.25, 0.3) is 0 Å². The first-order valence-electron chi connectivity index (χ1n) is 10.9. The second-order valence-corrected chi connectivity index (χ2v) is 8.32. The Bertz CT molecular complexity index is 975. The minimum Gasteiger partial charge on any atom is -0.489 e. The molecule has 3 aromatic carbocycles. The Hall–Kier alpha value is -3.15. The van der Waals surface area contributed by atoms with E-state index in [1.54, 1.807) is 12.1 Å². The van der Waals surface area contributed by atoms with Crippen LogP contribution in [0.15, 0.2) is 84.9 Å². The number of benzene rings is 3. The minimum atomic E-state index is -1.52. The highest BCUT2D eigenvalue weighted by molar-refractivity contribution is 5.73. The van der Waals surface area contributed by atoms with E-state index < -0.39 is 5.72 Å². The molecule has 0 saturated carbocycles. The van der Waals surface area contributed by atoms with E-state index in [2.05, 4.69) is 36.2 Å². The Balaban J connectivity index is 1.76. The summed E-state index contributed by atoms with van der Waals surface area (Å²) in [5, 5.41) is 14.3. The average molecular weight is 433 g/mol. The molecule has 5 nitrogen and oxygen atoms in total. The standard InChI is InChI=1S/C27H32N2O3/c1-21(2)29(18-23-10-6-4-7-11-23)20-27(31,28-22(3)30)25-14-16-26(17-15-25)32-19-24-12-8-5-9-13-24/h4-17,21,31H,18-20H2,1-3H3,(H,28,30). The van der Waals surface area contributed by atoms with Gasteiger partial charge in [-0.1, -0.05) is 72.8 Å². The third kappa shape index (κ3) is 6.67. The van der Waals surface area contributed by atoms with Gasteiger partial charge in [-0.25, -0.2) is 0 Å². The van der Waals surface area contributed by atoms with Gasteiger partial charge in [0.05, 0.1) is 6.54 Å². The van der Waals surface area contributed by atoms with Crippen molar-refractivity contribution in [3.05, 3.63) is 102 Å². The molecule has 0 aliphatic rings.